The molecule has 2 amide bonds. The molecule has 26 heavy (non-hydrogen) atoms. The van der Waals surface area contributed by atoms with Gasteiger partial charge in [0.15, 0.2) is 5.82 Å². The number of nitrogens with zero attached hydrogens (tertiary/aromatic N) is 4. The van der Waals surface area contributed by atoms with Gasteiger partial charge in [-0.3, -0.25) is 9.59 Å². The molecule has 0 radical (unpaired) electrons. The van der Waals surface area contributed by atoms with Crippen LogP contribution in [0, 0.1) is 12.7 Å². The normalized spacial score (nSPS) is 10.4. The van der Waals surface area contributed by atoms with Crippen LogP contribution in [0.3, 0.4) is 0 Å². The Balaban J connectivity index is 1.61. The number of halogens is 1. The fourth-order valence-corrected chi connectivity index (χ4v) is 2.24. The van der Waals surface area contributed by atoms with Crippen LogP contribution in [0.1, 0.15) is 11.4 Å². The number of amides is 2. The minimum absolute atomic E-state index is 0.121. The maximum Gasteiger partial charge on any atom is 0.313 e. The van der Waals surface area contributed by atoms with Crippen molar-refractivity contribution >= 4 is 17.5 Å². The van der Waals surface area contributed by atoms with E-state index >= 15 is 0 Å². The van der Waals surface area contributed by atoms with Gasteiger partial charge in [-0.2, -0.15) is 4.68 Å². The molecule has 1 heterocycles. The number of anilines is 1. The number of carbonyl (C=O) groups is 2. The van der Waals surface area contributed by atoms with E-state index in [1.807, 2.05) is 0 Å². The molecule has 0 saturated carbocycles. The van der Waals surface area contributed by atoms with Crippen molar-refractivity contribution in [2.75, 3.05) is 5.32 Å². The third-order valence-corrected chi connectivity index (χ3v) is 3.55. The zero-order valence-electron chi connectivity index (χ0n) is 13.8. The lowest BCUT2D eigenvalue weighted by Crippen LogP contribution is -2.34. The number of nitrogens with one attached hydrogen (secondary N) is 2. The quantitative estimate of drug-likeness (QED) is 0.689. The summed E-state index contributed by atoms with van der Waals surface area (Å²) < 4.78 is 14.4. The van der Waals surface area contributed by atoms with Crippen LogP contribution in [0.4, 0.5) is 10.1 Å². The Morgan fingerprint density at radius 2 is 1.88 bits per heavy atom. The molecule has 9 heteroatoms. The number of rotatable bonds is 4. The Kier molecular flexibility index (Phi) is 4.97. The van der Waals surface area contributed by atoms with Gasteiger partial charge in [-0.1, -0.05) is 18.2 Å². The van der Waals surface area contributed by atoms with Crippen molar-refractivity contribution in [3.8, 4) is 5.69 Å². The van der Waals surface area contributed by atoms with E-state index in [1.54, 1.807) is 31.2 Å². The zero-order valence-corrected chi connectivity index (χ0v) is 13.8. The highest BCUT2D eigenvalue weighted by Gasteiger charge is 2.14. The summed E-state index contributed by atoms with van der Waals surface area (Å²) >= 11 is 0. The molecule has 0 aliphatic rings. The molecule has 0 spiro atoms. The lowest BCUT2D eigenvalue weighted by Gasteiger charge is -2.08. The van der Waals surface area contributed by atoms with Crippen LogP contribution in [-0.2, 0) is 16.1 Å². The molecule has 0 unspecified atom stereocenters. The molecule has 8 nitrogen and oxygen atoms in total. The Labute approximate surface area is 148 Å². The van der Waals surface area contributed by atoms with E-state index in [9.17, 15) is 14.0 Å². The van der Waals surface area contributed by atoms with Crippen LogP contribution < -0.4 is 10.6 Å². The third kappa shape index (κ3) is 4.07. The van der Waals surface area contributed by atoms with Gasteiger partial charge in [-0.25, -0.2) is 4.39 Å². The Morgan fingerprint density at radius 3 is 2.58 bits per heavy atom. The number of aryl methyl sites for hydroxylation is 1. The molecule has 3 rings (SSSR count). The maximum atomic E-state index is 12.9. The number of tetrazole rings is 1. The summed E-state index contributed by atoms with van der Waals surface area (Å²) in [7, 11) is 0. The predicted molar refractivity (Wildman–Crippen MR) is 90.8 cm³/mol. The van der Waals surface area contributed by atoms with E-state index in [1.165, 1.54) is 28.9 Å². The van der Waals surface area contributed by atoms with Crippen molar-refractivity contribution in [2.45, 2.75) is 13.5 Å². The largest absolute Gasteiger partial charge is 0.344 e. The van der Waals surface area contributed by atoms with Gasteiger partial charge in [0.05, 0.1) is 5.69 Å². The van der Waals surface area contributed by atoms with Crippen molar-refractivity contribution < 1.29 is 14.0 Å². The molecule has 2 aromatic carbocycles. The highest BCUT2D eigenvalue weighted by molar-refractivity contribution is 6.39. The first-order valence-electron chi connectivity index (χ1n) is 7.72. The van der Waals surface area contributed by atoms with Crippen molar-refractivity contribution in [1.82, 2.24) is 25.5 Å². The molecular weight excluding hydrogens is 339 g/mol. The van der Waals surface area contributed by atoms with Gasteiger partial charge in [0.1, 0.15) is 5.82 Å². The molecular formula is C17H15FN6O2. The van der Waals surface area contributed by atoms with Crippen molar-refractivity contribution in [3.05, 3.63) is 65.7 Å². The number of hydrogen-bond donors (Lipinski definition) is 2. The van der Waals surface area contributed by atoms with E-state index < -0.39 is 11.8 Å². The summed E-state index contributed by atoms with van der Waals surface area (Å²) in [4.78, 5) is 23.9. The van der Waals surface area contributed by atoms with Crippen LogP contribution >= 0.6 is 0 Å². The summed E-state index contributed by atoms with van der Waals surface area (Å²) in [5.41, 5.74) is 1.76. The second-order valence-corrected chi connectivity index (χ2v) is 5.45. The van der Waals surface area contributed by atoms with Gasteiger partial charge in [-0.15, -0.1) is 5.10 Å². The van der Waals surface area contributed by atoms with Crippen LogP contribution in [0.5, 0.6) is 0 Å². The summed E-state index contributed by atoms with van der Waals surface area (Å²) in [5.74, 6) is -1.38. The molecule has 0 bridgehead atoms. The molecule has 0 aliphatic heterocycles. The average molecular weight is 354 g/mol. The molecule has 1 aromatic heterocycles. The van der Waals surface area contributed by atoms with Crippen LogP contribution in [0.2, 0.25) is 0 Å². The average Bonchev–Trinajstić information content (AvgIpc) is 3.07. The highest BCUT2D eigenvalue weighted by atomic mass is 19.1. The smallest absolute Gasteiger partial charge is 0.313 e. The van der Waals surface area contributed by atoms with Gasteiger partial charge in [0.25, 0.3) is 0 Å². The van der Waals surface area contributed by atoms with Crippen LogP contribution in [0.25, 0.3) is 5.69 Å². The van der Waals surface area contributed by atoms with Gasteiger partial charge in [0, 0.05) is 12.2 Å². The standard InChI is InChI=1S/C17H15FN6O2/c1-11-21-22-23-24(11)15-4-2-3-14(9-15)20-17(26)16(25)19-10-12-5-7-13(18)8-6-12/h2-9H,10H2,1H3,(H,19,25)(H,20,26). The molecule has 132 valence electrons. The van der Waals surface area contributed by atoms with E-state index in [0.717, 1.165) is 0 Å². The summed E-state index contributed by atoms with van der Waals surface area (Å²) in [5, 5.41) is 16.2. The maximum absolute atomic E-state index is 12.9. The van der Waals surface area contributed by atoms with Crippen LogP contribution in [0.15, 0.2) is 48.5 Å². The minimum atomic E-state index is -0.808. The Morgan fingerprint density at radius 1 is 1.12 bits per heavy atom. The van der Waals surface area contributed by atoms with E-state index in [-0.39, 0.29) is 12.4 Å². The zero-order chi connectivity index (χ0) is 18.5. The second-order valence-electron chi connectivity index (χ2n) is 5.45. The van der Waals surface area contributed by atoms with Gasteiger partial charge < -0.3 is 10.6 Å². The fourth-order valence-electron chi connectivity index (χ4n) is 2.24. The Bertz CT molecular complexity index is 938. The fraction of sp³-hybridized carbons (Fsp3) is 0.118. The topological polar surface area (TPSA) is 102 Å². The van der Waals surface area contributed by atoms with Crippen molar-refractivity contribution in [3.63, 3.8) is 0 Å². The summed E-state index contributed by atoms with van der Waals surface area (Å²) in [6.45, 7) is 1.87. The first kappa shape index (κ1) is 17.2. The molecule has 0 aliphatic carbocycles. The van der Waals surface area contributed by atoms with Crippen molar-refractivity contribution in [1.29, 1.82) is 0 Å². The number of carbonyl (C=O) groups excluding carboxylic acids is 2. The van der Waals surface area contributed by atoms with Gasteiger partial charge in [-0.05, 0) is 53.2 Å². The number of benzene rings is 2. The van der Waals surface area contributed by atoms with Crippen molar-refractivity contribution in [2.24, 2.45) is 0 Å². The predicted octanol–water partition coefficient (Wildman–Crippen LogP) is 1.36. The number of hydrogen-bond acceptors (Lipinski definition) is 5. The lowest BCUT2D eigenvalue weighted by atomic mass is 10.2. The third-order valence-electron chi connectivity index (χ3n) is 3.55. The molecule has 0 fully saturated rings. The minimum Gasteiger partial charge on any atom is -0.344 e. The van der Waals surface area contributed by atoms with Gasteiger partial charge >= 0.3 is 11.8 Å². The molecule has 3 aromatic rings. The number of aromatic nitrogens is 4. The first-order chi connectivity index (χ1) is 12.5. The molecule has 2 N–H and O–H groups in total. The highest BCUT2D eigenvalue weighted by Crippen LogP contribution is 2.14. The van der Waals surface area contributed by atoms with E-state index in [0.29, 0.717) is 22.8 Å². The monoisotopic (exact) mass is 354 g/mol. The molecule has 0 atom stereocenters. The van der Waals surface area contributed by atoms with E-state index in [4.69, 9.17) is 0 Å². The van der Waals surface area contributed by atoms with E-state index in [2.05, 4.69) is 26.2 Å². The Hall–Kier alpha value is -3.62. The second kappa shape index (κ2) is 7.51. The lowest BCUT2D eigenvalue weighted by molar-refractivity contribution is -0.136. The summed E-state index contributed by atoms with van der Waals surface area (Å²) in [6.07, 6.45) is 0. The SMILES string of the molecule is Cc1nnnn1-c1cccc(NC(=O)C(=O)NCc2ccc(F)cc2)c1. The first-order valence-corrected chi connectivity index (χ1v) is 7.72. The van der Waals surface area contributed by atoms with Gasteiger partial charge in [0.2, 0.25) is 0 Å². The molecule has 0 saturated heterocycles. The summed E-state index contributed by atoms with van der Waals surface area (Å²) in [6, 6.07) is 12.4. The van der Waals surface area contributed by atoms with Crippen LogP contribution in [-0.4, -0.2) is 32.0 Å².